The molecule has 1 spiro atoms. The van der Waals surface area contributed by atoms with Gasteiger partial charge in [-0.05, 0) is 49.0 Å². The summed E-state index contributed by atoms with van der Waals surface area (Å²) in [5.41, 5.74) is 7.96. The number of benzene rings is 1. The van der Waals surface area contributed by atoms with Crippen LogP contribution in [0.2, 0.25) is 0 Å². The van der Waals surface area contributed by atoms with Crippen molar-refractivity contribution >= 4 is 33.4 Å². The smallest absolute Gasteiger partial charge is 0.145 e. The van der Waals surface area contributed by atoms with Gasteiger partial charge in [-0.2, -0.15) is 11.8 Å². The molecule has 0 saturated carbocycles. The summed E-state index contributed by atoms with van der Waals surface area (Å²) in [6.07, 6.45) is 4.44. The first-order chi connectivity index (χ1) is 10.1. The maximum Gasteiger partial charge on any atom is 0.145 e. The van der Waals surface area contributed by atoms with E-state index < -0.39 is 0 Å². The minimum absolute atomic E-state index is 0.0478. The van der Waals surface area contributed by atoms with Crippen LogP contribution in [0.4, 0.5) is 5.69 Å². The minimum atomic E-state index is 0.0478. The number of anilines is 1. The number of rotatable bonds is 2. The number of nitrogen functional groups attached to an aromatic ring is 1. The standard InChI is InChI=1S/C16H22BrNO2S/c1-11-8-12(17)9-14(18)15(11)20-13-2-5-19-16(10-13)3-6-21-7-4-16/h8-9,13H,2-7,10,18H2,1H3. The molecule has 2 aliphatic rings. The van der Waals surface area contributed by atoms with E-state index in [1.807, 2.05) is 24.8 Å². The lowest BCUT2D eigenvalue weighted by Gasteiger charge is -2.43. The van der Waals surface area contributed by atoms with Crippen LogP contribution in [0.1, 0.15) is 31.2 Å². The van der Waals surface area contributed by atoms with E-state index in [1.165, 1.54) is 11.5 Å². The Morgan fingerprint density at radius 1 is 1.38 bits per heavy atom. The zero-order valence-corrected chi connectivity index (χ0v) is 14.8. The number of halogens is 1. The highest BCUT2D eigenvalue weighted by Crippen LogP contribution is 2.40. The van der Waals surface area contributed by atoms with Crippen LogP contribution < -0.4 is 10.5 Å². The zero-order chi connectivity index (χ0) is 14.9. The first-order valence-electron chi connectivity index (χ1n) is 7.52. The number of thioether (sulfide) groups is 1. The molecule has 1 unspecified atom stereocenters. The van der Waals surface area contributed by atoms with Crippen LogP contribution in [-0.4, -0.2) is 29.8 Å². The minimum Gasteiger partial charge on any atom is -0.488 e. The summed E-state index contributed by atoms with van der Waals surface area (Å²) in [5, 5.41) is 0. The van der Waals surface area contributed by atoms with E-state index in [-0.39, 0.29) is 11.7 Å². The maximum absolute atomic E-state index is 6.27. The Morgan fingerprint density at radius 3 is 2.86 bits per heavy atom. The van der Waals surface area contributed by atoms with Crippen LogP contribution in [0.25, 0.3) is 0 Å². The Morgan fingerprint density at radius 2 is 2.14 bits per heavy atom. The van der Waals surface area contributed by atoms with Crippen LogP contribution in [0.5, 0.6) is 5.75 Å². The van der Waals surface area contributed by atoms with Gasteiger partial charge >= 0.3 is 0 Å². The van der Waals surface area contributed by atoms with Crippen molar-refractivity contribution in [2.45, 2.75) is 44.3 Å². The molecule has 1 aromatic carbocycles. The van der Waals surface area contributed by atoms with E-state index in [0.717, 1.165) is 48.1 Å². The van der Waals surface area contributed by atoms with Crippen molar-refractivity contribution in [3.8, 4) is 5.75 Å². The first-order valence-corrected chi connectivity index (χ1v) is 9.47. The summed E-state index contributed by atoms with van der Waals surface area (Å²) in [5.74, 6) is 3.24. The Bertz CT molecular complexity index is 488. The van der Waals surface area contributed by atoms with Gasteiger partial charge in [-0.25, -0.2) is 0 Å². The largest absolute Gasteiger partial charge is 0.488 e. The maximum atomic E-state index is 6.27. The van der Waals surface area contributed by atoms with Crippen LogP contribution >= 0.6 is 27.7 Å². The Hall–Kier alpha value is -0.390. The zero-order valence-electron chi connectivity index (χ0n) is 12.4. The molecular weight excluding hydrogens is 350 g/mol. The molecule has 1 aromatic rings. The monoisotopic (exact) mass is 371 g/mol. The van der Waals surface area contributed by atoms with Gasteiger partial charge in [0.15, 0.2) is 0 Å². The second-order valence-corrected chi connectivity index (χ2v) is 8.16. The molecule has 2 aliphatic heterocycles. The molecule has 2 saturated heterocycles. The van der Waals surface area contributed by atoms with Crippen molar-refractivity contribution in [1.82, 2.24) is 0 Å². The van der Waals surface area contributed by atoms with Crippen LogP contribution in [-0.2, 0) is 4.74 Å². The molecular formula is C16H22BrNO2S. The van der Waals surface area contributed by atoms with Gasteiger partial charge in [0.25, 0.3) is 0 Å². The molecule has 0 aromatic heterocycles. The molecule has 2 fully saturated rings. The van der Waals surface area contributed by atoms with Crippen LogP contribution in [0.3, 0.4) is 0 Å². The van der Waals surface area contributed by atoms with Crippen molar-refractivity contribution in [3.05, 3.63) is 22.2 Å². The summed E-state index contributed by atoms with van der Waals surface area (Å²) in [4.78, 5) is 0. The van der Waals surface area contributed by atoms with Gasteiger partial charge in [-0.1, -0.05) is 15.9 Å². The molecule has 0 radical (unpaired) electrons. The molecule has 0 amide bonds. The van der Waals surface area contributed by atoms with Gasteiger partial charge in [0.05, 0.1) is 17.9 Å². The molecule has 5 heteroatoms. The molecule has 3 nitrogen and oxygen atoms in total. The molecule has 3 rings (SSSR count). The van der Waals surface area contributed by atoms with Crippen molar-refractivity contribution in [1.29, 1.82) is 0 Å². The lowest BCUT2D eigenvalue weighted by Crippen LogP contribution is -2.46. The van der Waals surface area contributed by atoms with Gasteiger partial charge in [-0.15, -0.1) is 0 Å². The van der Waals surface area contributed by atoms with Crippen molar-refractivity contribution in [3.63, 3.8) is 0 Å². The fourth-order valence-corrected chi connectivity index (χ4v) is 5.09. The van der Waals surface area contributed by atoms with E-state index in [0.29, 0.717) is 5.69 Å². The summed E-state index contributed by atoms with van der Waals surface area (Å²) < 4.78 is 13.4. The average Bonchev–Trinajstić information content (AvgIpc) is 2.44. The Kier molecular flexibility index (Phi) is 4.71. The third-order valence-corrected chi connectivity index (χ3v) is 5.85. The van der Waals surface area contributed by atoms with Gasteiger partial charge in [0.1, 0.15) is 11.9 Å². The summed E-state index contributed by atoms with van der Waals surface area (Å²) in [6.45, 7) is 2.84. The number of ether oxygens (including phenoxy) is 2. The van der Waals surface area contributed by atoms with Crippen molar-refractivity contribution in [2.75, 3.05) is 23.8 Å². The Balaban J connectivity index is 1.73. The lowest BCUT2D eigenvalue weighted by molar-refractivity contribution is -0.116. The quantitative estimate of drug-likeness (QED) is 0.792. The topological polar surface area (TPSA) is 44.5 Å². The molecule has 21 heavy (non-hydrogen) atoms. The highest BCUT2D eigenvalue weighted by molar-refractivity contribution is 9.10. The second kappa shape index (κ2) is 6.39. The summed E-state index contributed by atoms with van der Waals surface area (Å²) >= 11 is 5.50. The van der Waals surface area contributed by atoms with E-state index in [4.69, 9.17) is 15.2 Å². The highest BCUT2D eigenvalue weighted by Gasteiger charge is 2.39. The molecule has 0 bridgehead atoms. The summed E-state index contributed by atoms with van der Waals surface area (Å²) in [6, 6.07) is 3.96. The molecule has 1 atom stereocenters. The average molecular weight is 372 g/mol. The second-order valence-electron chi connectivity index (χ2n) is 6.02. The highest BCUT2D eigenvalue weighted by atomic mass is 79.9. The third-order valence-electron chi connectivity index (χ3n) is 4.40. The van der Waals surface area contributed by atoms with Gasteiger partial charge in [0, 0.05) is 17.3 Å². The molecule has 2 heterocycles. The lowest BCUT2D eigenvalue weighted by atomic mass is 9.86. The predicted octanol–water partition coefficient (Wildman–Crippen LogP) is 4.16. The summed E-state index contributed by atoms with van der Waals surface area (Å²) in [7, 11) is 0. The number of nitrogens with two attached hydrogens (primary N) is 1. The van der Waals surface area contributed by atoms with Crippen LogP contribution in [0.15, 0.2) is 16.6 Å². The number of aryl methyl sites for hydroxylation is 1. The van der Waals surface area contributed by atoms with Gasteiger partial charge in [0.2, 0.25) is 0 Å². The van der Waals surface area contributed by atoms with Gasteiger partial charge < -0.3 is 15.2 Å². The van der Waals surface area contributed by atoms with E-state index in [2.05, 4.69) is 22.0 Å². The third kappa shape index (κ3) is 3.51. The SMILES string of the molecule is Cc1cc(Br)cc(N)c1OC1CCOC2(CCSCC2)C1. The number of hydrogen-bond donors (Lipinski definition) is 1. The number of hydrogen-bond acceptors (Lipinski definition) is 4. The fraction of sp³-hybridized carbons (Fsp3) is 0.625. The molecule has 2 N–H and O–H groups in total. The predicted molar refractivity (Wildman–Crippen MR) is 92.2 cm³/mol. The van der Waals surface area contributed by atoms with E-state index in [1.54, 1.807) is 0 Å². The van der Waals surface area contributed by atoms with Crippen molar-refractivity contribution in [2.24, 2.45) is 0 Å². The molecule has 0 aliphatic carbocycles. The Labute approximate surface area is 139 Å². The first kappa shape index (κ1) is 15.5. The van der Waals surface area contributed by atoms with E-state index in [9.17, 15) is 0 Å². The van der Waals surface area contributed by atoms with Crippen LogP contribution in [0, 0.1) is 6.92 Å². The van der Waals surface area contributed by atoms with Gasteiger partial charge in [-0.3, -0.25) is 0 Å². The van der Waals surface area contributed by atoms with Crippen molar-refractivity contribution < 1.29 is 9.47 Å². The normalized spacial score (nSPS) is 25.0. The van der Waals surface area contributed by atoms with E-state index >= 15 is 0 Å². The molecule has 116 valence electrons. The fourth-order valence-electron chi connectivity index (χ4n) is 3.26.